The maximum absolute atomic E-state index is 11.8. The summed E-state index contributed by atoms with van der Waals surface area (Å²) in [5.74, 6) is 0. The maximum atomic E-state index is 11.8. The van der Waals surface area contributed by atoms with E-state index in [9.17, 15) is 8.42 Å². The zero-order valence-electron chi connectivity index (χ0n) is 10.1. The summed E-state index contributed by atoms with van der Waals surface area (Å²) in [7, 11) is -0.110. The molecule has 4 nitrogen and oxygen atoms in total. The van der Waals surface area contributed by atoms with Crippen molar-refractivity contribution in [3.63, 3.8) is 0 Å². The molecule has 0 aliphatic carbocycles. The molecule has 0 heterocycles. The van der Waals surface area contributed by atoms with Gasteiger partial charge in [0.2, 0.25) is 10.0 Å². The SMILES string of the molecule is CNCc1cc(C)c(C)c(S(=O)(=O)NC)c1. The summed E-state index contributed by atoms with van der Waals surface area (Å²) >= 11 is 0. The fraction of sp³-hybridized carbons (Fsp3) is 0.455. The van der Waals surface area contributed by atoms with Crippen LogP contribution in [0.25, 0.3) is 0 Å². The van der Waals surface area contributed by atoms with E-state index in [0.29, 0.717) is 11.4 Å². The van der Waals surface area contributed by atoms with E-state index in [4.69, 9.17) is 0 Å². The van der Waals surface area contributed by atoms with Crippen LogP contribution in [0.1, 0.15) is 16.7 Å². The second kappa shape index (κ2) is 4.95. The Morgan fingerprint density at radius 1 is 1.19 bits per heavy atom. The lowest BCUT2D eigenvalue weighted by Crippen LogP contribution is -2.20. The van der Waals surface area contributed by atoms with Gasteiger partial charge < -0.3 is 5.32 Å². The highest BCUT2D eigenvalue weighted by molar-refractivity contribution is 7.89. The average Bonchev–Trinajstić information content (AvgIpc) is 2.23. The number of hydrogen-bond acceptors (Lipinski definition) is 3. The lowest BCUT2D eigenvalue weighted by Gasteiger charge is -2.12. The normalized spacial score (nSPS) is 11.8. The molecule has 0 radical (unpaired) electrons. The third kappa shape index (κ3) is 2.61. The van der Waals surface area contributed by atoms with E-state index in [1.807, 2.05) is 27.0 Å². The van der Waals surface area contributed by atoms with Gasteiger partial charge in [0, 0.05) is 6.54 Å². The fourth-order valence-corrected chi connectivity index (χ4v) is 2.68. The van der Waals surface area contributed by atoms with Crippen LogP contribution in [0.3, 0.4) is 0 Å². The summed E-state index contributed by atoms with van der Waals surface area (Å²) < 4.78 is 25.9. The second-order valence-electron chi connectivity index (χ2n) is 3.77. The molecule has 2 N–H and O–H groups in total. The maximum Gasteiger partial charge on any atom is 0.240 e. The Morgan fingerprint density at radius 2 is 1.81 bits per heavy atom. The quantitative estimate of drug-likeness (QED) is 0.826. The van der Waals surface area contributed by atoms with Crippen molar-refractivity contribution in [2.24, 2.45) is 0 Å². The summed E-state index contributed by atoms with van der Waals surface area (Å²) in [5.41, 5.74) is 2.76. The minimum absolute atomic E-state index is 0.361. The number of benzene rings is 1. The van der Waals surface area contributed by atoms with Crippen LogP contribution in [0.2, 0.25) is 0 Å². The van der Waals surface area contributed by atoms with E-state index in [1.165, 1.54) is 7.05 Å². The first-order valence-corrected chi connectivity index (χ1v) is 6.59. The smallest absolute Gasteiger partial charge is 0.240 e. The van der Waals surface area contributed by atoms with Gasteiger partial charge in [0.05, 0.1) is 4.90 Å². The number of hydrogen-bond donors (Lipinski definition) is 2. The molecule has 0 aromatic heterocycles. The third-order valence-electron chi connectivity index (χ3n) is 2.62. The predicted octanol–water partition coefficient (Wildman–Crippen LogP) is 0.931. The molecule has 0 unspecified atom stereocenters. The fourth-order valence-electron chi connectivity index (χ4n) is 1.59. The highest BCUT2D eigenvalue weighted by Crippen LogP contribution is 2.20. The summed E-state index contributed by atoms with van der Waals surface area (Å²) in [6.07, 6.45) is 0. The number of nitrogens with one attached hydrogen (secondary N) is 2. The van der Waals surface area contributed by atoms with E-state index in [-0.39, 0.29) is 0 Å². The van der Waals surface area contributed by atoms with Crippen molar-refractivity contribution in [1.29, 1.82) is 0 Å². The molecule has 0 atom stereocenters. The monoisotopic (exact) mass is 242 g/mol. The van der Waals surface area contributed by atoms with Gasteiger partial charge in [0.1, 0.15) is 0 Å². The minimum Gasteiger partial charge on any atom is -0.316 e. The Hall–Kier alpha value is -0.910. The molecule has 90 valence electrons. The minimum atomic E-state index is -3.37. The van der Waals surface area contributed by atoms with E-state index in [1.54, 1.807) is 6.07 Å². The van der Waals surface area contributed by atoms with Crippen LogP contribution in [-0.4, -0.2) is 22.5 Å². The standard InChI is InChI=1S/C11H18N2O2S/c1-8-5-10(7-12-3)6-11(9(8)2)16(14,15)13-4/h5-6,12-13H,7H2,1-4H3. The Kier molecular flexibility index (Phi) is 4.07. The van der Waals surface area contributed by atoms with E-state index in [0.717, 1.165) is 16.7 Å². The van der Waals surface area contributed by atoms with Crippen LogP contribution in [0.15, 0.2) is 17.0 Å². The predicted molar refractivity (Wildman–Crippen MR) is 64.9 cm³/mol. The molecule has 5 heteroatoms. The van der Waals surface area contributed by atoms with Crippen LogP contribution < -0.4 is 10.0 Å². The number of sulfonamides is 1. The van der Waals surface area contributed by atoms with Gasteiger partial charge in [-0.3, -0.25) is 0 Å². The van der Waals surface area contributed by atoms with Gasteiger partial charge in [0.25, 0.3) is 0 Å². The molecule has 0 saturated carbocycles. The molecule has 0 aliphatic heterocycles. The van der Waals surface area contributed by atoms with Gasteiger partial charge in [-0.1, -0.05) is 6.07 Å². The summed E-state index contributed by atoms with van der Waals surface area (Å²) in [6.45, 7) is 4.40. The molecule has 1 aromatic rings. The van der Waals surface area contributed by atoms with Crippen molar-refractivity contribution in [3.8, 4) is 0 Å². The van der Waals surface area contributed by atoms with Gasteiger partial charge in [-0.25, -0.2) is 13.1 Å². The Morgan fingerprint density at radius 3 is 2.31 bits per heavy atom. The van der Waals surface area contributed by atoms with Gasteiger partial charge >= 0.3 is 0 Å². The van der Waals surface area contributed by atoms with Crippen LogP contribution in [0.5, 0.6) is 0 Å². The first-order valence-electron chi connectivity index (χ1n) is 5.10. The van der Waals surface area contributed by atoms with Gasteiger partial charge in [-0.15, -0.1) is 0 Å². The molecule has 0 bridgehead atoms. The number of rotatable bonds is 4. The molecule has 0 saturated heterocycles. The molecule has 0 fully saturated rings. The Bertz CT molecular complexity index is 481. The van der Waals surface area contributed by atoms with E-state index >= 15 is 0 Å². The lowest BCUT2D eigenvalue weighted by atomic mass is 10.1. The summed E-state index contributed by atoms with van der Waals surface area (Å²) in [4.78, 5) is 0.361. The van der Waals surface area contributed by atoms with Gasteiger partial charge in [0.15, 0.2) is 0 Å². The highest BCUT2D eigenvalue weighted by Gasteiger charge is 2.16. The van der Waals surface area contributed by atoms with Crippen molar-refractivity contribution >= 4 is 10.0 Å². The molecule has 0 spiro atoms. The van der Waals surface area contributed by atoms with Crippen molar-refractivity contribution < 1.29 is 8.42 Å². The first-order chi connectivity index (χ1) is 7.42. The van der Waals surface area contributed by atoms with Crippen LogP contribution in [0.4, 0.5) is 0 Å². The van der Waals surface area contributed by atoms with Crippen molar-refractivity contribution in [3.05, 3.63) is 28.8 Å². The van der Waals surface area contributed by atoms with Gasteiger partial charge in [-0.2, -0.15) is 0 Å². The second-order valence-corrected chi connectivity index (χ2v) is 5.63. The molecule has 1 rings (SSSR count). The summed E-state index contributed by atoms with van der Waals surface area (Å²) in [6, 6.07) is 3.71. The zero-order chi connectivity index (χ0) is 12.3. The van der Waals surface area contributed by atoms with E-state index < -0.39 is 10.0 Å². The molecule has 16 heavy (non-hydrogen) atoms. The molecule has 0 aliphatic rings. The molecular formula is C11H18N2O2S. The van der Waals surface area contributed by atoms with E-state index in [2.05, 4.69) is 10.0 Å². The average molecular weight is 242 g/mol. The number of aryl methyl sites for hydroxylation is 1. The Labute approximate surface area is 97.1 Å². The van der Waals surface area contributed by atoms with Crippen molar-refractivity contribution in [2.75, 3.05) is 14.1 Å². The molecule has 1 aromatic carbocycles. The zero-order valence-corrected chi connectivity index (χ0v) is 10.9. The lowest BCUT2D eigenvalue weighted by molar-refractivity contribution is 0.587. The van der Waals surface area contributed by atoms with Crippen LogP contribution in [-0.2, 0) is 16.6 Å². The third-order valence-corrected chi connectivity index (χ3v) is 4.16. The van der Waals surface area contributed by atoms with Crippen molar-refractivity contribution in [1.82, 2.24) is 10.0 Å². The van der Waals surface area contributed by atoms with Crippen molar-refractivity contribution in [2.45, 2.75) is 25.3 Å². The topological polar surface area (TPSA) is 58.2 Å². The summed E-state index contributed by atoms with van der Waals surface area (Å²) in [5, 5.41) is 3.01. The first kappa shape index (κ1) is 13.2. The van der Waals surface area contributed by atoms with Crippen LogP contribution >= 0.6 is 0 Å². The molecule has 0 amide bonds. The largest absolute Gasteiger partial charge is 0.316 e. The van der Waals surface area contributed by atoms with Gasteiger partial charge in [-0.05, 0) is 50.7 Å². The highest BCUT2D eigenvalue weighted by atomic mass is 32.2. The molecular weight excluding hydrogens is 224 g/mol. The van der Waals surface area contributed by atoms with Crippen LogP contribution in [0, 0.1) is 13.8 Å². The Balaban J connectivity index is 3.38.